The first-order chi connectivity index (χ1) is 20.3. The van der Waals surface area contributed by atoms with Crippen molar-refractivity contribution in [1.82, 2.24) is 45.0 Å². The van der Waals surface area contributed by atoms with Crippen LogP contribution >= 0.6 is 11.6 Å². The number of nitrogens with zero attached hydrogens (tertiary/aromatic N) is 10. The van der Waals surface area contributed by atoms with Gasteiger partial charge in [0.15, 0.2) is 12.0 Å². The summed E-state index contributed by atoms with van der Waals surface area (Å²) in [4.78, 5) is 0. The van der Waals surface area contributed by atoms with Crippen molar-refractivity contribution >= 4 is 11.6 Å². The number of benzene rings is 2. The Morgan fingerprint density at radius 1 is 0.929 bits per heavy atom. The van der Waals surface area contributed by atoms with Gasteiger partial charge in [0.2, 0.25) is 5.69 Å². The SMILES string of the molecule is [O-][n+]1cc(-c2c(-n3cnnn3)ccc(Cl)c2F)ccc1[C@H](Cc1ccc(F)cc1)n1cc(-c2cnnn2C(F)F)cn1. The lowest BCUT2D eigenvalue weighted by Gasteiger charge is -2.18. The molecular weight excluding hydrogens is 580 g/mol. The van der Waals surface area contributed by atoms with Gasteiger partial charge in [-0.15, -0.1) is 10.2 Å². The average molecular weight is 597 g/mol. The van der Waals surface area contributed by atoms with E-state index in [1.54, 1.807) is 12.1 Å². The lowest BCUT2D eigenvalue weighted by molar-refractivity contribution is -0.615. The van der Waals surface area contributed by atoms with E-state index in [1.165, 1.54) is 76.9 Å². The standard InChI is InChI=1S/C26H17ClF4N10O/c27-19-6-8-21(39-14-33-35-37-39)24(25(19)29)16-3-7-20(40(42)13-16)22(9-15-1-4-18(28)5-2-15)38-12-17(10-34-38)23-11-32-36-41(23)26(30)31/h1-8,10-14,22,26H,9H2/t22-/m0/s1. The van der Waals surface area contributed by atoms with Gasteiger partial charge in [-0.05, 0) is 46.3 Å². The van der Waals surface area contributed by atoms with Crippen molar-refractivity contribution in [2.75, 3.05) is 0 Å². The molecule has 6 aromatic rings. The Labute approximate surface area is 238 Å². The number of rotatable bonds is 8. The quantitative estimate of drug-likeness (QED) is 0.143. The minimum absolute atomic E-state index is 0.00447. The van der Waals surface area contributed by atoms with Crippen molar-refractivity contribution in [3.05, 3.63) is 113 Å². The molecule has 0 spiro atoms. The van der Waals surface area contributed by atoms with Crippen LogP contribution in [0.5, 0.6) is 0 Å². The molecule has 0 amide bonds. The van der Waals surface area contributed by atoms with Crippen LogP contribution in [-0.2, 0) is 6.42 Å². The van der Waals surface area contributed by atoms with E-state index in [1.807, 2.05) is 0 Å². The first-order valence-electron chi connectivity index (χ1n) is 12.2. The molecule has 0 radical (unpaired) electrons. The van der Waals surface area contributed by atoms with E-state index in [0.29, 0.717) is 15.0 Å². The molecule has 0 bridgehead atoms. The Morgan fingerprint density at radius 2 is 1.74 bits per heavy atom. The molecule has 11 nitrogen and oxygen atoms in total. The largest absolute Gasteiger partial charge is 0.618 e. The highest BCUT2D eigenvalue weighted by Crippen LogP contribution is 2.34. The van der Waals surface area contributed by atoms with Crippen LogP contribution < -0.4 is 4.73 Å². The van der Waals surface area contributed by atoms with E-state index >= 15 is 4.39 Å². The predicted octanol–water partition coefficient (Wildman–Crippen LogP) is 4.58. The Kier molecular flexibility index (Phi) is 7.08. The zero-order valence-corrected chi connectivity index (χ0v) is 21.9. The second kappa shape index (κ2) is 11.0. The van der Waals surface area contributed by atoms with Gasteiger partial charge >= 0.3 is 6.55 Å². The number of hydrogen-bond donors (Lipinski definition) is 0. The molecule has 4 heterocycles. The summed E-state index contributed by atoms with van der Waals surface area (Å²) in [6, 6.07) is 10.8. The summed E-state index contributed by atoms with van der Waals surface area (Å²) in [6.45, 7) is -2.93. The molecule has 0 aliphatic heterocycles. The van der Waals surface area contributed by atoms with Crippen LogP contribution in [0.4, 0.5) is 17.6 Å². The van der Waals surface area contributed by atoms with Crippen molar-refractivity contribution in [2.45, 2.75) is 19.0 Å². The second-order valence-electron chi connectivity index (χ2n) is 9.08. The second-order valence-corrected chi connectivity index (χ2v) is 9.48. The predicted molar refractivity (Wildman–Crippen MR) is 139 cm³/mol. The van der Waals surface area contributed by atoms with Crippen LogP contribution in [0, 0.1) is 16.8 Å². The minimum Gasteiger partial charge on any atom is -0.618 e. The van der Waals surface area contributed by atoms with Crippen LogP contribution in [-0.4, -0.2) is 45.0 Å². The molecule has 4 aromatic heterocycles. The van der Waals surface area contributed by atoms with E-state index in [2.05, 4.69) is 30.9 Å². The third-order valence-corrected chi connectivity index (χ3v) is 6.85. The number of alkyl halides is 2. The van der Waals surface area contributed by atoms with E-state index in [9.17, 15) is 18.4 Å². The Balaban J connectivity index is 1.44. The van der Waals surface area contributed by atoms with Crippen LogP contribution in [0.2, 0.25) is 5.02 Å². The van der Waals surface area contributed by atoms with E-state index in [-0.39, 0.29) is 45.2 Å². The topological polar surface area (TPSA) is 119 Å². The Bertz CT molecular complexity index is 1860. The van der Waals surface area contributed by atoms with Gasteiger partial charge in [-0.3, -0.25) is 4.68 Å². The lowest BCUT2D eigenvalue weighted by atomic mass is 10.00. The Morgan fingerprint density at radius 3 is 2.45 bits per heavy atom. The summed E-state index contributed by atoms with van der Waals surface area (Å²) in [5.41, 5.74) is 1.59. The molecule has 1 atom stereocenters. The smallest absolute Gasteiger partial charge is 0.335 e. The van der Waals surface area contributed by atoms with Gasteiger partial charge in [0.25, 0.3) is 0 Å². The molecule has 6 rings (SSSR count). The minimum atomic E-state index is -2.93. The third-order valence-electron chi connectivity index (χ3n) is 6.56. The molecule has 2 aromatic carbocycles. The number of hydrogen-bond acceptors (Lipinski definition) is 7. The molecule has 42 heavy (non-hydrogen) atoms. The van der Waals surface area contributed by atoms with Crippen molar-refractivity contribution in [2.24, 2.45) is 0 Å². The molecule has 0 N–H and O–H groups in total. The maximum atomic E-state index is 15.3. The fourth-order valence-corrected chi connectivity index (χ4v) is 4.75. The van der Waals surface area contributed by atoms with Gasteiger partial charge in [-0.1, -0.05) is 28.9 Å². The summed E-state index contributed by atoms with van der Waals surface area (Å²) in [7, 11) is 0. The van der Waals surface area contributed by atoms with Crippen LogP contribution in [0.3, 0.4) is 0 Å². The Hall–Kier alpha value is -5.18. The third kappa shape index (κ3) is 5.05. The van der Waals surface area contributed by atoms with Gasteiger partial charge in [0, 0.05) is 24.2 Å². The van der Waals surface area contributed by atoms with E-state index in [0.717, 1.165) is 0 Å². The van der Waals surface area contributed by atoms with Gasteiger partial charge in [0.05, 0.1) is 39.9 Å². The maximum Gasteiger partial charge on any atom is 0.335 e. The first-order valence-corrected chi connectivity index (χ1v) is 12.6. The highest BCUT2D eigenvalue weighted by atomic mass is 35.5. The fourth-order valence-electron chi connectivity index (χ4n) is 4.59. The van der Waals surface area contributed by atoms with Crippen molar-refractivity contribution in [1.29, 1.82) is 0 Å². The van der Waals surface area contributed by atoms with Gasteiger partial charge < -0.3 is 5.21 Å². The highest BCUT2D eigenvalue weighted by molar-refractivity contribution is 6.31. The van der Waals surface area contributed by atoms with Gasteiger partial charge in [-0.2, -0.15) is 28.0 Å². The number of halogens is 5. The number of tetrazole rings is 1. The van der Waals surface area contributed by atoms with E-state index < -0.39 is 24.2 Å². The maximum absolute atomic E-state index is 15.3. The van der Waals surface area contributed by atoms with Crippen LogP contribution in [0.15, 0.2) is 79.6 Å². The molecule has 0 fully saturated rings. The molecule has 16 heteroatoms. The zero-order chi connectivity index (χ0) is 29.4. The summed E-state index contributed by atoms with van der Waals surface area (Å²) < 4.78 is 59.4. The molecule has 0 saturated carbocycles. The summed E-state index contributed by atoms with van der Waals surface area (Å²) in [6.07, 6.45) is 6.62. The van der Waals surface area contributed by atoms with Gasteiger partial charge in [-0.25, -0.2) is 8.78 Å². The number of pyridine rings is 1. The summed E-state index contributed by atoms with van der Waals surface area (Å²) in [5.74, 6) is -1.21. The first kappa shape index (κ1) is 27.0. The summed E-state index contributed by atoms with van der Waals surface area (Å²) in [5, 5.41) is 35.6. The van der Waals surface area contributed by atoms with Crippen LogP contribution in [0.25, 0.3) is 28.1 Å². The molecule has 212 valence electrons. The van der Waals surface area contributed by atoms with Crippen LogP contribution in [0.1, 0.15) is 23.8 Å². The molecule has 0 unspecified atom stereocenters. The van der Waals surface area contributed by atoms with E-state index in [4.69, 9.17) is 11.6 Å². The van der Waals surface area contributed by atoms with Crippen molar-refractivity contribution < 1.29 is 22.3 Å². The highest BCUT2D eigenvalue weighted by Gasteiger charge is 2.27. The molecular formula is C26H17ClF4N10O. The van der Waals surface area contributed by atoms with Crippen molar-refractivity contribution in [3.63, 3.8) is 0 Å². The fraction of sp³-hybridized carbons (Fsp3) is 0.115. The number of aromatic nitrogens is 10. The zero-order valence-electron chi connectivity index (χ0n) is 21.1. The van der Waals surface area contributed by atoms with Gasteiger partial charge in [0.1, 0.15) is 18.2 Å². The summed E-state index contributed by atoms with van der Waals surface area (Å²) >= 11 is 6.06. The lowest BCUT2D eigenvalue weighted by Crippen LogP contribution is -2.36. The molecule has 0 saturated heterocycles. The molecule has 0 aliphatic rings. The normalized spacial score (nSPS) is 12.2. The average Bonchev–Trinajstić information content (AvgIpc) is 3.76. The molecule has 0 aliphatic carbocycles. The monoisotopic (exact) mass is 596 g/mol. The van der Waals surface area contributed by atoms with Crippen molar-refractivity contribution in [3.8, 4) is 28.1 Å².